The fraction of sp³-hybridized carbons (Fsp3) is 0.895. The molecule has 7 heteroatoms. The molecule has 1 amide bonds. The maximum absolute atomic E-state index is 11.5. The molecule has 0 aromatic rings. The summed E-state index contributed by atoms with van der Waals surface area (Å²) < 4.78 is 13.1. The molecular formula is C19H31BN2O4. The first kappa shape index (κ1) is 18.3. The van der Waals surface area contributed by atoms with Crippen LogP contribution in [0.1, 0.15) is 60.3 Å². The second-order valence-electron chi connectivity index (χ2n) is 9.86. The molecule has 1 unspecified atom stereocenters. The van der Waals surface area contributed by atoms with Gasteiger partial charge in [0.2, 0.25) is 6.10 Å². The number of nitrogens with zero attached hydrogens (tertiary/aromatic N) is 1. The summed E-state index contributed by atoms with van der Waals surface area (Å²) in [6.45, 7) is 11.3. The van der Waals surface area contributed by atoms with Crippen LogP contribution in [0.5, 0.6) is 0 Å². The van der Waals surface area contributed by atoms with Crippen molar-refractivity contribution in [2.45, 2.75) is 83.9 Å². The molecule has 144 valence electrons. The number of carbonyl (C=O) groups excluding carboxylic acids is 1. The van der Waals surface area contributed by atoms with Crippen LogP contribution in [0.2, 0.25) is 5.82 Å². The summed E-state index contributed by atoms with van der Waals surface area (Å²) in [5.41, 5.74) is 6.32. The third-order valence-corrected chi connectivity index (χ3v) is 7.46. The van der Waals surface area contributed by atoms with Gasteiger partial charge in [-0.15, -0.1) is 0 Å². The Kier molecular flexibility index (Phi) is 4.20. The Morgan fingerprint density at radius 2 is 2.08 bits per heavy atom. The van der Waals surface area contributed by atoms with Crippen molar-refractivity contribution >= 4 is 18.7 Å². The van der Waals surface area contributed by atoms with Crippen LogP contribution >= 0.6 is 0 Å². The molecule has 6 atom stereocenters. The second kappa shape index (κ2) is 5.96. The number of amides is 1. The quantitative estimate of drug-likeness (QED) is 0.763. The average molecular weight is 362 g/mol. The third-order valence-electron chi connectivity index (χ3n) is 7.46. The number of hydrogen-bond acceptors (Lipinski definition) is 5. The summed E-state index contributed by atoms with van der Waals surface area (Å²) in [4.78, 5) is 16.7. The van der Waals surface area contributed by atoms with E-state index >= 15 is 0 Å². The molecule has 6 nitrogen and oxygen atoms in total. The van der Waals surface area contributed by atoms with Crippen LogP contribution < -0.4 is 5.73 Å². The lowest BCUT2D eigenvalue weighted by Gasteiger charge is -2.64. The van der Waals surface area contributed by atoms with Crippen LogP contribution in [0.3, 0.4) is 0 Å². The zero-order valence-corrected chi connectivity index (χ0v) is 16.5. The van der Waals surface area contributed by atoms with Gasteiger partial charge in [-0.05, 0) is 49.4 Å². The predicted molar refractivity (Wildman–Crippen MR) is 99.4 cm³/mol. The number of nitrogens with two attached hydrogens (primary N) is 1. The van der Waals surface area contributed by atoms with Crippen molar-refractivity contribution in [2.24, 2.45) is 34.1 Å². The van der Waals surface area contributed by atoms with Gasteiger partial charge in [0, 0.05) is 12.2 Å². The molecule has 3 aliphatic carbocycles. The third kappa shape index (κ3) is 2.61. The topological polar surface area (TPSA) is 83.1 Å². The molecular weight excluding hydrogens is 331 g/mol. The van der Waals surface area contributed by atoms with Crippen LogP contribution in [0.15, 0.2) is 5.16 Å². The molecule has 0 radical (unpaired) electrons. The van der Waals surface area contributed by atoms with Gasteiger partial charge in [0.15, 0.2) is 0 Å². The van der Waals surface area contributed by atoms with Crippen molar-refractivity contribution < 1.29 is 18.9 Å². The minimum absolute atomic E-state index is 0.00193. The molecule has 26 heavy (non-hydrogen) atoms. The van der Waals surface area contributed by atoms with E-state index in [9.17, 15) is 4.79 Å². The highest BCUT2D eigenvalue weighted by Gasteiger charge is 2.68. The minimum Gasteiger partial charge on any atom is -0.405 e. The van der Waals surface area contributed by atoms with Crippen molar-refractivity contribution in [1.29, 1.82) is 0 Å². The predicted octanol–water partition coefficient (Wildman–Crippen LogP) is 2.76. The number of hydrogen-bond donors (Lipinski definition) is 1. The number of oxime groups is 1. The average Bonchev–Trinajstić information content (AvgIpc) is 3.15. The highest BCUT2D eigenvalue weighted by Crippen LogP contribution is 2.66. The Morgan fingerprint density at radius 3 is 2.65 bits per heavy atom. The smallest absolute Gasteiger partial charge is 0.405 e. The maximum Gasteiger partial charge on any atom is 0.467 e. The SMILES string of the molecule is CC(C)C[C@@H](B1O[C@@H]2C[C@@H]3C[C@@H](C3(C)C)[C@]2(C)O1)C1=NOC(C(N)=O)C1. The Hall–Kier alpha value is -1.08. The molecule has 5 rings (SSSR count). The number of primary amides is 1. The van der Waals surface area contributed by atoms with Gasteiger partial charge in [-0.1, -0.05) is 32.9 Å². The Balaban J connectivity index is 1.54. The van der Waals surface area contributed by atoms with Crippen molar-refractivity contribution in [3.8, 4) is 0 Å². The molecule has 2 N–H and O–H groups in total. The van der Waals surface area contributed by atoms with Crippen molar-refractivity contribution in [1.82, 2.24) is 0 Å². The van der Waals surface area contributed by atoms with E-state index in [4.69, 9.17) is 19.9 Å². The van der Waals surface area contributed by atoms with Crippen molar-refractivity contribution in [3.05, 3.63) is 0 Å². The Labute approximate surface area is 156 Å². The van der Waals surface area contributed by atoms with Gasteiger partial charge in [-0.3, -0.25) is 4.79 Å². The molecule has 2 aliphatic heterocycles. The fourth-order valence-electron chi connectivity index (χ4n) is 5.75. The standard InChI is InChI=1S/C19H31BN2O4/c1-10(2)6-12(13-9-14(17(21)23)25-22-13)20-24-16-8-11-7-15(18(11,3)4)19(16,5)26-20/h10-12,14-16H,6-9H2,1-5H3,(H2,21,23)/t11-,12+,14?,15-,16+,19-/m0/s1. The van der Waals surface area contributed by atoms with Gasteiger partial charge in [-0.2, -0.15) is 0 Å². The lowest BCUT2D eigenvalue weighted by Crippen LogP contribution is -2.65. The molecule has 3 saturated carbocycles. The lowest BCUT2D eigenvalue weighted by molar-refractivity contribution is -0.199. The van der Waals surface area contributed by atoms with E-state index < -0.39 is 12.0 Å². The maximum atomic E-state index is 11.5. The van der Waals surface area contributed by atoms with Gasteiger partial charge < -0.3 is 19.9 Å². The fourth-order valence-corrected chi connectivity index (χ4v) is 5.75. The molecule has 5 aliphatic rings. The Bertz CT molecular complexity index is 637. The molecule has 0 aromatic heterocycles. The lowest BCUT2D eigenvalue weighted by atomic mass is 9.43. The van der Waals surface area contributed by atoms with Gasteiger partial charge in [0.1, 0.15) is 0 Å². The summed E-state index contributed by atoms with van der Waals surface area (Å²) in [5.74, 6) is 1.25. The Morgan fingerprint density at radius 1 is 1.35 bits per heavy atom. The van der Waals surface area contributed by atoms with E-state index in [2.05, 4.69) is 39.8 Å². The number of rotatable bonds is 5. The summed E-state index contributed by atoms with van der Waals surface area (Å²) in [6.07, 6.45) is 3.11. The summed E-state index contributed by atoms with van der Waals surface area (Å²) in [7, 11) is -0.323. The van der Waals surface area contributed by atoms with Crippen molar-refractivity contribution in [3.63, 3.8) is 0 Å². The highest BCUT2D eigenvalue weighted by molar-refractivity contribution is 6.53. The van der Waals surface area contributed by atoms with Crippen LogP contribution in [0.25, 0.3) is 0 Å². The van der Waals surface area contributed by atoms with Crippen LogP contribution in [0, 0.1) is 23.2 Å². The van der Waals surface area contributed by atoms with Gasteiger partial charge in [0.25, 0.3) is 5.91 Å². The van der Waals surface area contributed by atoms with Crippen LogP contribution in [-0.2, 0) is 18.9 Å². The molecule has 0 spiro atoms. The largest absolute Gasteiger partial charge is 0.467 e. The highest BCUT2D eigenvalue weighted by atomic mass is 16.7. The molecule has 2 heterocycles. The van der Waals surface area contributed by atoms with E-state index in [-0.39, 0.29) is 24.6 Å². The molecule has 4 fully saturated rings. The van der Waals surface area contributed by atoms with Crippen LogP contribution in [0.4, 0.5) is 0 Å². The van der Waals surface area contributed by atoms with E-state index in [1.54, 1.807) is 0 Å². The minimum atomic E-state index is -0.661. The molecule has 1 saturated heterocycles. The first-order valence-corrected chi connectivity index (χ1v) is 9.98. The summed E-state index contributed by atoms with van der Waals surface area (Å²) in [6, 6.07) is 0. The van der Waals surface area contributed by atoms with E-state index in [1.807, 2.05) is 0 Å². The number of carbonyl (C=O) groups is 1. The van der Waals surface area contributed by atoms with Gasteiger partial charge >= 0.3 is 7.12 Å². The zero-order valence-electron chi connectivity index (χ0n) is 16.5. The first-order valence-electron chi connectivity index (χ1n) is 9.98. The summed E-state index contributed by atoms with van der Waals surface area (Å²) in [5, 5.41) is 4.19. The van der Waals surface area contributed by atoms with Gasteiger partial charge in [-0.25, -0.2) is 0 Å². The first-order chi connectivity index (χ1) is 12.1. The van der Waals surface area contributed by atoms with Crippen molar-refractivity contribution in [2.75, 3.05) is 0 Å². The van der Waals surface area contributed by atoms with Crippen LogP contribution in [-0.4, -0.2) is 36.5 Å². The normalized spacial score (nSPS) is 41.3. The molecule has 2 bridgehead atoms. The monoisotopic (exact) mass is 362 g/mol. The molecule has 0 aromatic carbocycles. The second-order valence-corrected chi connectivity index (χ2v) is 9.86. The van der Waals surface area contributed by atoms with Gasteiger partial charge in [0.05, 0.1) is 17.4 Å². The van der Waals surface area contributed by atoms with E-state index in [0.29, 0.717) is 23.7 Å². The zero-order chi connectivity index (χ0) is 18.9. The van der Waals surface area contributed by atoms with E-state index in [0.717, 1.165) is 24.5 Å². The van der Waals surface area contributed by atoms with E-state index in [1.165, 1.54) is 6.42 Å². The summed E-state index contributed by atoms with van der Waals surface area (Å²) >= 11 is 0.